The van der Waals surface area contributed by atoms with Crippen molar-refractivity contribution in [3.63, 3.8) is 0 Å². The van der Waals surface area contributed by atoms with Crippen molar-refractivity contribution in [2.24, 2.45) is 0 Å². The maximum absolute atomic E-state index is 13.9. The molecule has 0 radical (unpaired) electrons. The lowest BCUT2D eigenvalue weighted by molar-refractivity contribution is -0.146. The fourth-order valence-corrected chi connectivity index (χ4v) is 4.74. The first kappa shape index (κ1) is 20.3. The molecule has 3 aliphatic heterocycles. The summed E-state index contributed by atoms with van der Waals surface area (Å²) in [5.41, 5.74) is 0.865. The van der Waals surface area contributed by atoms with Crippen LogP contribution in [0.5, 0.6) is 0 Å². The summed E-state index contributed by atoms with van der Waals surface area (Å²) in [4.78, 5) is 24.3. The summed E-state index contributed by atoms with van der Waals surface area (Å²) in [6.07, 6.45) is -1.97. The number of amides is 1. The third-order valence-electron chi connectivity index (χ3n) is 4.99. The number of phosphoric acid groups is 1. The van der Waals surface area contributed by atoms with Crippen LogP contribution in [0.2, 0.25) is 0 Å². The third kappa shape index (κ3) is 4.04. The van der Waals surface area contributed by atoms with Crippen LogP contribution in [0.25, 0.3) is 0 Å². The van der Waals surface area contributed by atoms with Gasteiger partial charge in [0, 0.05) is 18.2 Å². The number of rotatable bonds is 4. The molecule has 29 heavy (non-hydrogen) atoms. The van der Waals surface area contributed by atoms with Crippen molar-refractivity contribution in [3.05, 3.63) is 47.2 Å². The number of carbonyl (C=O) groups excluding carboxylic acids is 2. The zero-order valence-electron chi connectivity index (χ0n) is 15.4. The minimum Gasteiger partial charge on any atom is -0.349 e. The number of Topliss-reactive ketones (excluding diaryl/α,β-unsaturated/α-hetero) is 1. The maximum atomic E-state index is 13.9. The molecule has 2 fully saturated rings. The number of phosphoric ester groups is 1. The summed E-state index contributed by atoms with van der Waals surface area (Å²) < 4.78 is 61.9. The van der Waals surface area contributed by atoms with Gasteiger partial charge in [0.25, 0.3) is 0 Å². The van der Waals surface area contributed by atoms with Crippen LogP contribution in [0.1, 0.15) is 24.0 Å². The molecule has 0 bridgehead atoms. The van der Waals surface area contributed by atoms with Crippen molar-refractivity contribution in [2.45, 2.75) is 44.8 Å². The number of ketones is 1. The summed E-state index contributed by atoms with van der Waals surface area (Å²) >= 11 is 0. The number of ether oxygens (including phenoxy) is 1. The van der Waals surface area contributed by atoms with Gasteiger partial charge in [0.2, 0.25) is 11.7 Å². The van der Waals surface area contributed by atoms with Gasteiger partial charge >= 0.3 is 7.82 Å². The molecule has 0 saturated carbocycles. The molecular weight excluding hydrogens is 411 g/mol. The van der Waals surface area contributed by atoms with Crippen LogP contribution in [0.4, 0.5) is 8.78 Å². The Hall–Kier alpha value is -1.97. The first-order valence-electron chi connectivity index (χ1n) is 8.94. The number of fused-ring (bicyclic) bond motifs is 1. The minimum absolute atomic E-state index is 0.0871. The fourth-order valence-electron chi connectivity index (χ4n) is 3.38. The van der Waals surface area contributed by atoms with Gasteiger partial charge in [-0.05, 0) is 18.6 Å². The summed E-state index contributed by atoms with van der Waals surface area (Å²) in [6.45, 7) is 1.25. The highest BCUT2D eigenvalue weighted by Gasteiger charge is 2.49. The summed E-state index contributed by atoms with van der Waals surface area (Å²) in [5.74, 6) is -3.02. The van der Waals surface area contributed by atoms with Crippen LogP contribution < -0.4 is 0 Å². The van der Waals surface area contributed by atoms with Crippen LogP contribution in [0.3, 0.4) is 0 Å². The van der Waals surface area contributed by atoms with Gasteiger partial charge in [-0.1, -0.05) is 12.1 Å². The Labute approximate surface area is 165 Å². The quantitative estimate of drug-likeness (QED) is 0.537. The Morgan fingerprint density at radius 2 is 2.07 bits per heavy atom. The lowest BCUT2D eigenvalue weighted by Crippen LogP contribution is -2.40. The standard InChI is InChI=1S/C18H18F2NO7P/c1-10-3-2-4-12(19)11(10)8-25-29(24)26-9-16-15(28-29)6-18(27-16)21-7-13(20)14(22)5-17(21)23/h2-4,7,15-16,18H,5-6,8-9H2,1H3/t15-,16+,18+,29?/m0/s1. The Kier molecular flexibility index (Phi) is 5.39. The second-order valence-electron chi connectivity index (χ2n) is 6.94. The van der Waals surface area contributed by atoms with Crippen LogP contribution >= 0.6 is 7.82 Å². The second-order valence-corrected chi connectivity index (χ2v) is 8.56. The smallest absolute Gasteiger partial charge is 0.349 e. The highest BCUT2D eigenvalue weighted by Crippen LogP contribution is 2.56. The highest BCUT2D eigenvalue weighted by atomic mass is 31.2. The molecule has 0 aliphatic carbocycles. The molecular formula is C18H18F2NO7P. The van der Waals surface area contributed by atoms with Crippen molar-refractivity contribution in [2.75, 3.05) is 6.61 Å². The van der Waals surface area contributed by atoms with Gasteiger partial charge in [0.15, 0.2) is 5.83 Å². The summed E-state index contributed by atoms with van der Waals surface area (Å²) in [5, 5.41) is 0. The monoisotopic (exact) mass is 429 g/mol. The zero-order chi connectivity index (χ0) is 20.8. The van der Waals surface area contributed by atoms with Gasteiger partial charge in [0.1, 0.15) is 24.3 Å². The zero-order valence-corrected chi connectivity index (χ0v) is 16.3. The number of hydrogen-bond acceptors (Lipinski definition) is 7. The minimum atomic E-state index is -3.99. The van der Waals surface area contributed by atoms with E-state index in [9.17, 15) is 22.9 Å². The molecule has 1 amide bonds. The van der Waals surface area contributed by atoms with Gasteiger partial charge in [-0.2, -0.15) is 0 Å². The molecule has 8 nitrogen and oxygen atoms in total. The third-order valence-corrected chi connectivity index (χ3v) is 6.43. The number of benzene rings is 1. The van der Waals surface area contributed by atoms with E-state index in [4.69, 9.17) is 18.3 Å². The normalized spacial score (nSPS) is 32.3. The van der Waals surface area contributed by atoms with Gasteiger partial charge in [-0.3, -0.25) is 28.1 Å². The molecule has 4 atom stereocenters. The van der Waals surface area contributed by atoms with Crippen molar-refractivity contribution >= 4 is 19.5 Å². The highest BCUT2D eigenvalue weighted by molar-refractivity contribution is 7.48. The molecule has 4 rings (SSSR count). The van der Waals surface area contributed by atoms with Crippen molar-refractivity contribution in [1.82, 2.24) is 4.90 Å². The van der Waals surface area contributed by atoms with Crippen molar-refractivity contribution in [1.29, 1.82) is 0 Å². The topological polar surface area (TPSA) is 91.4 Å². The van der Waals surface area contributed by atoms with E-state index in [-0.39, 0.29) is 25.2 Å². The predicted octanol–water partition coefficient (Wildman–Crippen LogP) is 2.90. The van der Waals surface area contributed by atoms with E-state index >= 15 is 0 Å². The van der Waals surface area contributed by atoms with Gasteiger partial charge in [-0.15, -0.1) is 0 Å². The molecule has 1 aromatic rings. The van der Waals surface area contributed by atoms with Crippen LogP contribution in [-0.2, 0) is 39.1 Å². The molecule has 0 spiro atoms. The number of hydrogen-bond donors (Lipinski definition) is 0. The first-order chi connectivity index (χ1) is 13.8. The lowest BCUT2D eigenvalue weighted by atomic mass is 10.1. The molecule has 156 valence electrons. The van der Waals surface area contributed by atoms with Gasteiger partial charge < -0.3 is 4.74 Å². The number of nitrogens with zero attached hydrogens (tertiary/aromatic N) is 1. The van der Waals surface area contributed by atoms with Gasteiger partial charge in [-0.25, -0.2) is 13.3 Å². The molecule has 1 aromatic carbocycles. The number of carbonyl (C=O) groups is 2. The van der Waals surface area contributed by atoms with E-state index in [0.717, 1.165) is 11.1 Å². The molecule has 11 heteroatoms. The van der Waals surface area contributed by atoms with Crippen LogP contribution in [0, 0.1) is 12.7 Å². The molecule has 0 N–H and O–H groups in total. The number of halogens is 2. The van der Waals surface area contributed by atoms with Crippen LogP contribution in [-0.4, -0.2) is 41.6 Å². The molecule has 3 aliphatic rings. The van der Waals surface area contributed by atoms with E-state index in [2.05, 4.69) is 0 Å². The Morgan fingerprint density at radius 1 is 1.28 bits per heavy atom. The van der Waals surface area contributed by atoms with E-state index in [1.165, 1.54) is 6.07 Å². The summed E-state index contributed by atoms with van der Waals surface area (Å²) in [6, 6.07) is 4.51. The molecule has 2 saturated heterocycles. The van der Waals surface area contributed by atoms with E-state index in [1.807, 2.05) is 0 Å². The predicted molar refractivity (Wildman–Crippen MR) is 93.3 cm³/mol. The van der Waals surface area contributed by atoms with E-state index < -0.39 is 56.0 Å². The SMILES string of the molecule is Cc1cccc(F)c1COP1(=O)OC[C@H]2O[C@@H](N3C=C(F)C(=O)CC3=O)C[C@@H]2O1. The first-order valence-corrected chi connectivity index (χ1v) is 10.4. The lowest BCUT2D eigenvalue weighted by Gasteiger charge is -2.30. The molecule has 0 aromatic heterocycles. The van der Waals surface area contributed by atoms with E-state index in [0.29, 0.717) is 5.56 Å². The van der Waals surface area contributed by atoms with E-state index in [1.54, 1.807) is 19.1 Å². The number of aryl methyl sites for hydroxylation is 1. The molecule has 1 unspecified atom stereocenters. The average molecular weight is 429 g/mol. The Morgan fingerprint density at radius 3 is 2.83 bits per heavy atom. The Balaban J connectivity index is 1.42. The second kappa shape index (κ2) is 7.70. The maximum Gasteiger partial charge on any atom is 0.475 e. The van der Waals surface area contributed by atoms with Crippen LogP contribution in [0.15, 0.2) is 30.2 Å². The Bertz CT molecular complexity index is 917. The summed E-state index contributed by atoms with van der Waals surface area (Å²) in [7, 11) is -3.99. The van der Waals surface area contributed by atoms with Gasteiger partial charge in [0.05, 0.1) is 19.6 Å². The fraction of sp³-hybridized carbons (Fsp3) is 0.444. The number of allylic oxidation sites excluding steroid dienone is 1. The van der Waals surface area contributed by atoms with Crippen molar-refractivity contribution in [3.8, 4) is 0 Å². The largest absolute Gasteiger partial charge is 0.475 e. The van der Waals surface area contributed by atoms with Crippen molar-refractivity contribution < 1.29 is 41.2 Å². The molecule has 3 heterocycles. The average Bonchev–Trinajstić information content (AvgIpc) is 3.06.